The maximum absolute atomic E-state index is 12.8. The van der Waals surface area contributed by atoms with Crippen molar-refractivity contribution in [3.8, 4) is 0 Å². The molecule has 0 bridgehead atoms. The van der Waals surface area contributed by atoms with Gasteiger partial charge in [-0.1, -0.05) is 0 Å². The molecule has 0 amide bonds. The van der Waals surface area contributed by atoms with E-state index < -0.39 is 40.4 Å². The van der Waals surface area contributed by atoms with Gasteiger partial charge in [0.2, 0.25) is 0 Å². The molecule has 0 aliphatic carbocycles. The molecule has 1 aromatic carbocycles. The summed E-state index contributed by atoms with van der Waals surface area (Å²) in [6.07, 6.45) is -9.79. The quantitative estimate of drug-likeness (QED) is 0.835. The van der Waals surface area contributed by atoms with Crippen LogP contribution in [0.25, 0.3) is 0 Å². The summed E-state index contributed by atoms with van der Waals surface area (Å²) >= 11 is 0. The molecule has 0 aliphatic rings. The second-order valence-corrected chi connectivity index (χ2v) is 4.69. The minimum atomic E-state index is -4.94. The highest BCUT2D eigenvalue weighted by atomic mass is 19.4. The van der Waals surface area contributed by atoms with Crippen LogP contribution in [0.1, 0.15) is 30.5 Å². The van der Waals surface area contributed by atoms with Crippen molar-refractivity contribution in [3.63, 3.8) is 0 Å². The zero-order valence-electron chi connectivity index (χ0n) is 10.4. The summed E-state index contributed by atoms with van der Waals surface area (Å²) in [7, 11) is 0. The van der Waals surface area contributed by atoms with E-state index in [4.69, 9.17) is 5.11 Å². The summed E-state index contributed by atoms with van der Waals surface area (Å²) in [6, 6.07) is 0.768. The zero-order valence-corrected chi connectivity index (χ0v) is 10.4. The van der Waals surface area contributed by atoms with Crippen LogP contribution in [0.3, 0.4) is 0 Å². The Labute approximate surface area is 110 Å². The number of aliphatic carboxylic acids is 1. The molecule has 112 valence electrons. The fraction of sp³-hybridized carbons (Fsp3) is 0.417. The highest BCUT2D eigenvalue weighted by molar-refractivity contribution is 5.81. The lowest BCUT2D eigenvalue weighted by Gasteiger charge is -2.25. The number of alkyl halides is 6. The highest BCUT2D eigenvalue weighted by Crippen LogP contribution is 2.41. The largest absolute Gasteiger partial charge is 0.481 e. The molecule has 0 atom stereocenters. The Morgan fingerprint density at radius 1 is 0.950 bits per heavy atom. The molecule has 1 aromatic rings. The number of carboxylic acid groups (broad SMARTS) is 1. The van der Waals surface area contributed by atoms with E-state index in [1.54, 1.807) is 0 Å². The molecule has 20 heavy (non-hydrogen) atoms. The maximum Gasteiger partial charge on any atom is 0.416 e. The zero-order chi connectivity index (χ0) is 15.9. The number of carbonyl (C=O) groups is 1. The van der Waals surface area contributed by atoms with E-state index in [-0.39, 0.29) is 18.2 Å². The van der Waals surface area contributed by atoms with E-state index in [1.807, 2.05) is 0 Å². The average molecular weight is 300 g/mol. The molecule has 1 N–H and O–H groups in total. The van der Waals surface area contributed by atoms with Crippen LogP contribution in [0.4, 0.5) is 26.3 Å². The Morgan fingerprint density at radius 2 is 1.45 bits per heavy atom. The predicted molar refractivity (Wildman–Crippen MR) is 57.1 cm³/mol. The fourth-order valence-electron chi connectivity index (χ4n) is 1.60. The Morgan fingerprint density at radius 3 is 1.80 bits per heavy atom. The molecule has 0 saturated heterocycles. The van der Waals surface area contributed by atoms with E-state index in [9.17, 15) is 31.1 Å². The van der Waals surface area contributed by atoms with Crippen molar-refractivity contribution in [2.75, 3.05) is 0 Å². The van der Waals surface area contributed by atoms with Crippen molar-refractivity contribution in [1.82, 2.24) is 0 Å². The summed E-state index contributed by atoms with van der Waals surface area (Å²) in [5.74, 6) is -1.65. The van der Waals surface area contributed by atoms with Gasteiger partial charge in [-0.2, -0.15) is 26.3 Å². The van der Waals surface area contributed by atoms with Gasteiger partial charge in [0.05, 0.1) is 16.5 Å². The summed E-state index contributed by atoms with van der Waals surface area (Å²) < 4.78 is 76.1. The molecular formula is C12H10F6O2. The molecule has 0 fully saturated rings. The van der Waals surface area contributed by atoms with E-state index in [0.29, 0.717) is 0 Å². The minimum Gasteiger partial charge on any atom is -0.481 e. The summed E-state index contributed by atoms with van der Waals surface area (Å²) in [5, 5.41) is 8.93. The van der Waals surface area contributed by atoms with Crippen molar-refractivity contribution < 1.29 is 36.2 Å². The summed E-state index contributed by atoms with van der Waals surface area (Å²) in [4.78, 5) is 11.0. The van der Waals surface area contributed by atoms with E-state index >= 15 is 0 Å². The molecule has 0 radical (unpaired) electrons. The van der Waals surface area contributed by atoms with Gasteiger partial charge in [-0.25, -0.2) is 0 Å². The molecule has 0 spiro atoms. The van der Waals surface area contributed by atoms with Gasteiger partial charge in [-0.05, 0) is 37.6 Å². The van der Waals surface area contributed by atoms with Crippen LogP contribution in [-0.2, 0) is 22.6 Å². The smallest absolute Gasteiger partial charge is 0.416 e. The molecule has 0 unspecified atom stereocenters. The lowest BCUT2D eigenvalue weighted by Crippen LogP contribution is -2.32. The van der Waals surface area contributed by atoms with Gasteiger partial charge in [0.15, 0.2) is 0 Å². The first-order valence-corrected chi connectivity index (χ1v) is 5.30. The van der Waals surface area contributed by atoms with Gasteiger partial charge in [-0.15, -0.1) is 0 Å². The van der Waals surface area contributed by atoms with Crippen LogP contribution in [0.5, 0.6) is 0 Å². The van der Waals surface area contributed by atoms with Crippen molar-refractivity contribution in [2.45, 2.75) is 31.6 Å². The fourth-order valence-corrected chi connectivity index (χ4v) is 1.60. The standard InChI is InChI=1S/C12H10F6O2/c1-10(2,9(19)20)8-5-6(11(13,14)15)3-4-7(8)12(16,17)18/h3-5H,1-2H3,(H,19,20). The molecule has 0 saturated carbocycles. The lowest BCUT2D eigenvalue weighted by molar-refractivity contribution is -0.146. The van der Waals surface area contributed by atoms with Crippen molar-refractivity contribution >= 4 is 5.97 Å². The summed E-state index contributed by atoms with van der Waals surface area (Å²) in [6.45, 7) is 1.83. The van der Waals surface area contributed by atoms with Gasteiger partial charge in [-0.3, -0.25) is 4.79 Å². The van der Waals surface area contributed by atoms with Crippen LogP contribution in [0.15, 0.2) is 18.2 Å². The van der Waals surface area contributed by atoms with Crippen molar-refractivity contribution in [1.29, 1.82) is 0 Å². The first-order chi connectivity index (χ1) is 8.78. The molecule has 0 aliphatic heterocycles. The number of carboxylic acids is 1. The first kappa shape index (κ1) is 16.3. The Balaban J connectivity index is 3.63. The molecular weight excluding hydrogens is 290 g/mol. The number of halogens is 6. The second kappa shape index (κ2) is 4.68. The molecule has 1 rings (SSSR count). The molecule has 2 nitrogen and oxygen atoms in total. The maximum atomic E-state index is 12.8. The third-order valence-electron chi connectivity index (χ3n) is 2.86. The average Bonchev–Trinajstić information content (AvgIpc) is 2.25. The van der Waals surface area contributed by atoms with Crippen LogP contribution in [0, 0.1) is 0 Å². The normalized spacial score (nSPS) is 13.4. The monoisotopic (exact) mass is 300 g/mol. The Hall–Kier alpha value is -1.73. The predicted octanol–water partition coefficient (Wildman–Crippen LogP) is 4.09. The van der Waals surface area contributed by atoms with E-state index in [0.717, 1.165) is 13.8 Å². The molecule has 0 aromatic heterocycles. The lowest BCUT2D eigenvalue weighted by atomic mass is 9.80. The van der Waals surface area contributed by atoms with Crippen molar-refractivity contribution in [2.24, 2.45) is 0 Å². The van der Waals surface area contributed by atoms with E-state index in [2.05, 4.69) is 0 Å². The third-order valence-corrected chi connectivity index (χ3v) is 2.86. The topological polar surface area (TPSA) is 37.3 Å². The Kier molecular flexibility index (Phi) is 3.82. The minimum absolute atomic E-state index is 0.233. The van der Waals surface area contributed by atoms with Gasteiger partial charge < -0.3 is 5.11 Å². The van der Waals surface area contributed by atoms with Crippen molar-refractivity contribution in [3.05, 3.63) is 34.9 Å². The van der Waals surface area contributed by atoms with Crippen LogP contribution < -0.4 is 0 Å². The van der Waals surface area contributed by atoms with Gasteiger partial charge in [0, 0.05) is 0 Å². The van der Waals surface area contributed by atoms with Gasteiger partial charge in [0.1, 0.15) is 0 Å². The molecule has 8 heteroatoms. The van der Waals surface area contributed by atoms with Crippen LogP contribution >= 0.6 is 0 Å². The number of rotatable bonds is 2. The SMILES string of the molecule is CC(C)(C(=O)O)c1cc(C(F)(F)F)ccc1C(F)(F)F. The number of hydrogen-bond donors (Lipinski definition) is 1. The third kappa shape index (κ3) is 3.05. The first-order valence-electron chi connectivity index (χ1n) is 5.30. The van der Waals surface area contributed by atoms with Gasteiger partial charge >= 0.3 is 18.3 Å². The Bertz CT molecular complexity index is 528. The van der Waals surface area contributed by atoms with E-state index in [1.165, 1.54) is 0 Å². The van der Waals surface area contributed by atoms with Gasteiger partial charge in [0.25, 0.3) is 0 Å². The molecule has 0 heterocycles. The number of benzene rings is 1. The van der Waals surface area contributed by atoms with Crippen LogP contribution in [-0.4, -0.2) is 11.1 Å². The second-order valence-electron chi connectivity index (χ2n) is 4.69. The number of hydrogen-bond acceptors (Lipinski definition) is 1. The van der Waals surface area contributed by atoms with Crippen LogP contribution in [0.2, 0.25) is 0 Å². The highest BCUT2D eigenvalue weighted by Gasteiger charge is 2.43. The summed E-state index contributed by atoms with van der Waals surface area (Å²) in [5.41, 5.74) is -5.74.